The predicted molar refractivity (Wildman–Crippen MR) is 529 cm³/mol. The van der Waals surface area contributed by atoms with Crippen molar-refractivity contribution < 1.29 is 23.6 Å². The van der Waals surface area contributed by atoms with Gasteiger partial charge in [0.25, 0.3) is 6.71 Å². The Balaban J connectivity index is 0.945. The molecule has 20 aromatic rings. The Morgan fingerprint density at radius 1 is 0.250 bits per heavy atom. The average Bonchev–Trinajstić information content (AvgIpc) is 1.14. The lowest BCUT2D eigenvalue weighted by Gasteiger charge is -2.45. The van der Waals surface area contributed by atoms with E-state index in [9.17, 15) is 19.2 Å². The fourth-order valence-electron chi connectivity index (χ4n) is 18.7. The summed E-state index contributed by atoms with van der Waals surface area (Å²) in [5.74, 6) is 0. The summed E-state index contributed by atoms with van der Waals surface area (Å²) in [7, 11) is 0. The molecule has 5 nitrogen and oxygen atoms in total. The van der Waals surface area contributed by atoms with Crippen LogP contribution in [0.2, 0.25) is 0 Å². The molecule has 3 aromatic heterocycles. The zero-order chi connectivity index (χ0) is 96.6. The van der Waals surface area contributed by atoms with E-state index < -0.39 is 64.6 Å². The van der Waals surface area contributed by atoms with Crippen LogP contribution in [0.5, 0.6) is 0 Å². The summed E-state index contributed by atoms with van der Waals surface area (Å²) in [5.41, 5.74) is 21.9. The molecule has 0 unspecified atom stereocenters. The third kappa shape index (κ3) is 12.8. The van der Waals surface area contributed by atoms with Crippen molar-refractivity contribution in [2.75, 3.05) is 9.80 Å². The fourth-order valence-corrected chi connectivity index (χ4v) is 18.7. The Labute approximate surface area is 747 Å². The van der Waals surface area contributed by atoms with Crippen molar-refractivity contribution in [3.8, 4) is 89.3 Å². The minimum Gasteiger partial charge on any atom is -0.456 e. The zero-order valence-electron chi connectivity index (χ0n) is 85.4. The van der Waals surface area contributed by atoms with Crippen LogP contribution in [0.4, 0.5) is 34.1 Å². The number of hydrogen-bond donors (Lipinski definition) is 0. The molecule has 2 aliphatic rings. The smallest absolute Gasteiger partial charge is 0.252 e. The van der Waals surface area contributed by atoms with Crippen LogP contribution in [0.15, 0.2) is 374 Å². The third-order valence-corrected chi connectivity index (χ3v) is 25.2. The predicted octanol–water partition coefficient (Wildman–Crippen LogP) is 30.7. The van der Waals surface area contributed by atoms with Gasteiger partial charge in [0.05, 0.1) is 52.6 Å². The van der Waals surface area contributed by atoms with Crippen LogP contribution in [0.1, 0.15) is 125 Å². The van der Waals surface area contributed by atoms with Crippen molar-refractivity contribution >= 4 is 123 Å². The van der Waals surface area contributed by atoms with Crippen molar-refractivity contribution in [2.45, 2.75) is 105 Å². The molecule has 124 heavy (non-hydrogen) atoms. The Hall–Kier alpha value is -14.2. The molecule has 0 N–H and O–H groups in total. The molecule has 0 saturated heterocycles. The second-order valence-electron chi connectivity index (χ2n) is 37.4. The number of para-hydroxylation sites is 3. The minimum atomic E-state index is -0.867. The van der Waals surface area contributed by atoms with Gasteiger partial charge in [-0.1, -0.05) is 301 Å². The van der Waals surface area contributed by atoms with Crippen LogP contribution in [-0.4, -0.2) is 15.8 Å². The van der Waals surface area contributed by atoms with E-state index in [1.54, 1.807) is 9.13 Å². The van der Waals surface area contributed by atoms with Gasteiger partial charge in [-0.15, -0.1) is 0 Å². The fraction of sp³-hybridized carbons (Fsp3) is 0.136. The molecule has 0 saturated carbocycles. The van der Waals surface area contributed by atoms with Crippen molar-refractivity contribution in [1.82, 2.24) is 9.13 Å². The number of aromatic nitrogens is 2. The summed E-state index contributed by atoms with van der Waals surface area (Å²) in [6.45, 7) is 23.8. The molecule has 0 radical (unpaired) electrons. The highest BCUT2D eigenvalue weighted by Crippen LogP contribution is 2.54. The SMILES string of the molecule is [2H]c1c([2H])c([2H])c2c(c1[2H])c1c([2H])c(C(C)(C)C)c([2H])c([2H])c1n2-c1ccc2c(c1)N(c1ccc(C(C)(C)C)cc1-c1cc(-c3ccccc3)cc(-c3ccccc3)c1)c1cc(-c3ccc4oc5ccccc5c4c3)cc3c1B2c1ccc(-n2c4c([2H])c([2H])c([2H])c([2H])c4c4c([2H])c(C(C)(C)C)c([2H])c([2H])c42)cc1N3c1ccc(C(C)(C)C)cc1-c1cc(-c2ccccc2)cc(-c2ccccc2)c1. The maximum Gasteiger partial charge on any atom is 0.252 e. The molecule has 5 heterocycles. The van der Waals surface area contributed by atoms with E-state index in [1.165, 1.54) is 0 Å². The van der Waals surface area contributed by atoms with Gasteiger partial charge in [0.15, 0.2) is 0 Å². The van der Waals surface area contributed by atoms with E-state index in [1.807, 2.05) is 114 Å². The number of benzene rings is 17. The number of fused-ring (bicyclic) bond motifs is 13. The second-order valence-corrected chi connectivity index (χ2v) is 37.4. The molecule has 0 spiro atoms. The summed E-state index contributed by atoms with van der Waals surface area (Å²) in [4.78, 5) is 4.72. The highest BCUT2D eigenvalue weighted by atomic mass is 16.3. The summed E-state index contributed by atoms with van der Waals surface area (Å²) >= 11 is 0. The monoisotopic (exact) mass is 1610 g/mol. The van der Waals surface area contributed by atoms with Crippen LogP contribution in [0, 0.1) is 0 Å². The average molecular weight is 1610 g/mol. The Morgan fingerprint density at radius 2 is 0.621 bits per heavy atom. The molecule has 0 aliphatic carbocycles. The first kappa shape index (κ1) is 62.0. The van der Waals surface area contributed by atoms with Gasteiger partial charge in [-0.05, 0) is 279 Å². The number of rotatable bonds is 11. The van der Waals surface area contributed by atoms with Gasteiger partial charge in [0, 0.05) is 77.6 Å². The molecule has 22 rings (SSSR count). The number of furan rings is 1. The number of anilines is 6. The van der Waals surface area contributed by atoms with E-state index in [0.717, 1.165) is 139 Å². The van der Waals surface area contributed by atoms with Crippen molar-refractivity contribution in [2.24, 2.45) is 0 Å². The van der Waals surface area contributed by atoms with Crippen molar-refractivity contribution in [1.29, 1.82) is 0 Å². The molecule has 0 amide bonds. The molecule has 17 aromatic carbocycles. The van der Waals surface area contributed by atoms with Crippen molar-refractivity contribution in [3.05, 3.63) is 392 Å². The van der Waals surface area contributed by atoms with Crippen LogP contribution in [0.3, 0.4) is 0 Å². The lowest BCUT2D eigenvalue weighted by molar-refractivity contribution is 0.590. The lowest BCUT2D eigenvalue weighted by atomic mass is 9.33. The molecule has 0 atom stereocenters. The summed E-state index contributed by atoms with van der Waals surface area (Å²) in [6, 6.07) is 95.0. The van der Waals surface area contributed by atoms with Crippen LogP contribution < -0.4 is 26.2 Å². The Bertz CT molecular complexity index is 8060. The van der Waals surface area contributed by atoms with Gasteiger partial charge in [0.1, 0.15) is 11.2 Å². The van der Waals surface area contributed by atoms with Gasteiger partial charge in [-0.2, -0.15) is 0 Å². The molecule has 2 aliphatic heterocycles. The maximum atomic E-state index is 10.4. The van der Waals surface area contributed by atoms with Gasteiger partial charge >= 0.3 is 0 Å². The second kappa shape index (κ2) is 28.7. The van der Waals surface area contributed by atoms with Gasteiger partial charge in [-0.25, -0.2) is 0 Å². The van der Waals surface area contributed by atoms with E-state index in [4.69, 9.17) is 4.42 Å². The summed E-state index contributed by atoms with van der Waals surface area (Å²) < 4.78 is 150. The van der Waals surface area contributed by atoms with Gasteiger partial charge in [0.2, 0.25) is 0 Å². The molecule has 0 fully saturated rings. The lowest BCUT2D eigenvalue weighted by Crippen LogP contribution is -2.61. The topological polar surface area (TPSA) is 29.5 Å². The van der Waals surface area contributed by atoms with E-state index >= 15 is 0 Å². The van der Waals surface area contributed by atoms with E-state index in [2.05, 4.69) is 264 Å². The number of nitrogens with zero attached hydrogens (tertiary/aromatic N) is 4. The molecule has 6 heteroatoms. The molecular weight excluding hydrogens is 1500 g/mol. The zero-order valence-corrected chi connectivity index (χ0v) is 71.4. The maximum absolute atomic E-state index is 10.4. The largest absolute Gasteiger partial charge is 0.456 e. The molecule has 0 bridgehead atoms. The minimum absolute atomic E-state index is 0.0272. The van der Waals surface area contributed by atoms with E-state index in [0.29, 0.717) is 33.9 Å². The number of hydrogen-bond acceptors (Lipinski definition) is 3. The van der Waals surface area contributed by atoms with Crippen LogP contribution in [-0.2, 0) is 21.7 Å². The first-order valence-corrected chi connectivity index (χ1v) is 42.7. The van der Waals surface area contributed by atoms with Crippen LogP contribution in [0.25, 0.3) is 155 Å². The van der Waals surface area contributed by atoms with Crippen molar-refractivity contribution in [3.63, 3.8) is 0 Å². The molecule has 598 valence electrons. The first-order chi connectivity index (χ1) is 65.8. The Morgan fingerprint density at radius 3 is 1.04 bits per heavy atom. The Kier molecular flexibility index (Phi) is 14.4. The third-order valence-electron chi connectivity index (χ3n) is 25.2. The first-order valence-electron chi connectivity index (χ1n) is 49.7. The molecular formula is C118H97BN4O. The quantitative estimate of drug-likeness (QED) is 0.121. The standard InChI is InChI=1S/C118H97BN4O/c1-115(2,3)86-46-54-104(95(68-86)84-61-79(74-31-17-13-18-32-74)59-80(62-84)75-33-19-14-20-34-75)122-108-72-90(120-102-42-28-25-39-92(102)97-70-88(117(7,8)9)48-56-106(97)120)50-52-100(108)119-101-53-51-91(121-103-43-29-26-40-93(103)98-71-89(118(10,11)12)49-57-107(98)121)73-109(101)123(111-67-83(66-110(122)114(111)119)78-45-58-113-99(65-78)94-41-27-30-44-112(94)124-113)105-55-47-87(116(4,5)6)69-96(105)85-63-81(76-35-21-15-22-36-76)60-82(64-85)77-37-23-16-24-38-77/h13-73H,1-12H3/i25D,26D,28D,29D,39D,40D,42D,43D,48D,49D,56D,57D,70D,71D. The van der Waals surface area contributed by atoms with Gasteiger partial charge in [-0.3, -0.25) is 0 Å². The van der Waals surface area contributed by atoms with Crippen LogP contribution >= 0.6 is 0 Å². The summed E-state index contributed by atoms with van der Waals surface area (Å²) in [6.07, 6.45) is 0. The highest BCUT2D eigenvalue weighted by molar-refractivity contribution is 7.00. The van der Waals surface area contributed by atoms with E-state index in [-0.39, 0.29) is 103 Å². The van der Waals surface area contributed by atoms with Gasteiger partial charge < -0.3 is 23.4 Å². The summed E-state index contributed by atoms with van der Waals surface area (Å²) in [5, 5.41) is 2.12. The highest BCUT2D eigenvalue weighted by Gasteiger charge is 2.46. The normalized spacial score (nSPS) is 14.5.